The number of nitrogens with one attached hydrogen (secondary N) is 1. The van der Waals surface area contributed by atoms with Crippen LogP contribution in [0.4, 0.5) is 0 Å². The first kappa shape index (κ1) is 16.0. The lowest BCUT2D eigenvalue weighted by Crippen LogP contribution is -2.24. The Bertz CT molecular complexity index is 769. The van der Waals surface area contributed by atoms with Gasteiger partial charge >= 0.3 is 0 Å². The molecule has 0 aliphatic carbocycles. The maximum absolute atomic E-state index is 12.2. The number of carbonyl (C=O) groups excluding carboxylic acids is 1. The summed E-state index contributed by atoms with van der Waals surface area (Å²) in [7, 11) is -2.22. The number of rotatable bonds is 6. The van der Waals surface area contributed by atoms with Gasteiger partial charge in [0.1, 0.15) is 5.75 Å². The van der Waals surface area contributed by atoms with Gasteiger partial charge in [-0.15, -0.1) is 0 Å². The summed E-state index contributed by atoms with van der Waals surface area (Å²) in [6, 6.07) is 11.9. The van der Waals surface area contributed by atoms with Crippen molar-refractivity contribution in [1.29, 1.82) is 0 Å². The lowest BCUT2D eigenvalue weighted by atomic mass is 10.1. The molecular formula is C15H14NO5S-. The van der Waals surface area contributed by atoms with Crippen molar-refractivity contribution < 1.29 is 23.1 Å². The molecule has 2 rings (SSSR count). The minimum atomic E-state index is -3.68. The number of hydrogen-bond acceptors (Lipinski definition) is 5. The van der Waals surface area contributed by atoms with Gasteiger partial charge in [0.2, 0.25) is 10.0 Å². The Morgan fingerprint density at radius 1 is 1.18 bits per heavy atom. The van der Waals surface area contributed by atoms with Crippen molar-refractivity contribution in [2.45, 2.75) is 11.4 Å². The summed E-state index contributed by atoms with van der Waals surface area (Å²) < 4.78 is 31.8. The molecule has 6 nitrogen and oxygen atoms in total. The summed E-state index contributed by atoms with van der Waals surface area (Å²) in [6.45, 7) is 0.0485. The molecule has 0 aliphatic rings. The topological polar surface area (TPSA) is 95.5 Å². The fraction of sp³-hybridized carbons (Fsp3) is 0.133. The number of carboxylic acid groups (broad SMARTS) is 1. The van der Waals surface area contributed by atoms with Crippen LogP contribution in [0.1, 0.15) is 15.9 Å². The van der Waals surface area contributed by atoms with Crippen molar-refractivity contribution in [2.75, 3.05) is 7.11 Å². The average molecular weight is 320 g/mol. The third-order valence-corrected chi connectivity index (χ3v) is 4.41. The highest BCUT2D eigenvalue weighted by Gasteiger charge is 2.14. The fourth-order valence-corrected chi connectivity index (χ4v) is 2.84. The molecule has 22 heavy (non-hydrogen) atoms. The number of ether oxygens (including phenoxy) is 1. The van der Waals surface area contributed by atoms with E-state index < -0.39 is 16.0 Å². The fourth-order valence-electron chi connectivity index (χ4n) is 1.79. The van der Waals surface area contributed by atoms with E-state index in [1.807, 2.05) is 0 Å². The van der Waals surface area contributed by atoms with E-state index in [9.17, 15) is 18.3 Å². The first-order valence-electron chi connectivity index (χ1n) is 6.36. The molecule has 0 saturated carbocycles. The number of methoxy groups -OCH3 is 1. The molecule has 0 atom stereocenters. The highest BCUT2D eigenvalue weighted by atomic mass is 32.2. The van der Waals surface area contributed by atoms with Gasteiger partial charge in [-0.1, -0.05) is 30.3 Å². The molecule has 0 unspecified atom stereocenters. The van der Waals surface area contributed by atoms with Crippen LogP contribution in [0, 0.1) is 0 Å². The molecule has 0 aliphatic heterocycles. The SMILES string of the molecule is COc1cccc(S(=O)(=O)NCc2ccc(C(=O)[O-])cc2)c1. The molecule has 0 saturated heterocycles. The normalized spacial score (nSPS) is 11.1. The molecule has 0 radical (unpaired) electrons. The highest BCUT2D eigenvalue weighted by Crippen LogP contribution is 2.17. The van der Waals surface area contributed by atoms with Crippen LogP contribution < -0.4 is 14.6 Å². The molecule has 0 bridgehead atoms. The minimum absolute atomic E-state index is 0.0411. The lowest BCUT2D eigenvalue weighted by Gasteiger charge is -2.09. The number of hydrogen-bond donors (Lipinski definition) is 1. The quantitative estimate of drug-likeness (QED) is 0.838. The van der Waals surface area contributed by atoms with Crippen molar-refractivity contribution in [2.24, 2.45) is 0 Å². The Morgan fingerprint density at radius 3 is 2.45 bits per heavy atom. The van der Waals surface area contributed by atoms with Crippen LogP contribution in [0.5, 0.6) is 5.75 Å². The number of aromatic carboxylic acids is 1. The molecule has 2 aromatic rings. The Labute approximate surface area is 128 Å². The van der Waals surface area contributed by atoms with E-state index in [2.05, 4.69) is 4.72 Å². The Balaban J connectivity index is 2.10. The van der Waals surface area contributed by atoms with Crippen molar-refractivity contribution >= 4 is 16.0 Å². The highest BCUT2D eigenvalue weighted by molar-refractivity contribution is 7.89. The summed E-state index contributed by atoms with van der Waals surface area (Å²) in [6.07, 6.45) is 0. The van der Waals surface area contributed by atoms with Gasteiger partial charge in [-0.05, 0) is 23.3 Å². The van der Waals surface area contributed by atoms with E-state index in [-0.39, 0.29) is 17.0 Å². The largest absolute Gasteiger partial charge is 0.545 e. The zero-order chi connectivity index (χ0) is 16.2. The van der Waals surface area contributed by atoms with Crippen LogP contribution in [0.25, 0.3) is 0 Å². The van der Waals surface area contributed by atoms with Crippen LogP contribution in [0.15, 0.2) is 53.4 Å². The van der Waals surface area contributed by atoms with Gasteiger partial charge in [0, 0.05) is 12.6 Å². The number of carbonyl (C=O) groups is 1. The van der Waals surface area contributed by atoms with E-state index in [1.54, 1.807) is 12.1 Å². The molecular weight excluding hydrogens is 306 g/mol. The summed E-state index contributed by atoms with van der Waals surface area (Å²) in [5, 5.41) is 10.6. The van der Waals surface area contributed by atoms with Crippen molar-refractivity contribution in [3.8, 4) is 5.75 Å². The van der Waals surface area contributed by atoms with Crippen LogP contribution in [-0.2, 0) is 16.6 Å². The van der Waals surface area contributed by atoms with Crippen molar-refractivity contribution in [3.63, 3.8) is 0 Å². The number of benzene rings is 2. The van der Waals surface area contributed by atoms with E-state index in [0.29, 0.717) is 11.3 Å². The Morgan fingerprint density at radius 2 is 1.86 bits per heavy atom. The third-order valence-electron chi connectivity index (χ3n) is 3.01. The summed E-state index contributed by atoms with van der Waals surface area (Å²) in [4.78, 5) is 10.7. The predicted octanol–water partition coefficient (Wildman–Crippen LogP) is 0.537. The molecule has 0 aromatic heterocycles. The third kappa shape index (κ3) is 3.84. The van der Waals surface area contributed by atoms with Crippen LogP contribution in [-0.4, -0.2) is 21.5 Å². The maximum Gasteiger partial charge on any atom is 0.241 e. The van der Waals surface area contributed by atoms with Gasteiger partial charge < -0.3 is 14.6 Å². The van der Waals surface area contributed by atoms with Crippen molar-refractivity contribution in [1.82, 2.24) is 4.72 Å². The zero-order valence-electron chi connectivity index (χ0n) is 11.8. The van der Waals surface area contributed by atoms with Gasteiger partial charge in [-0.3, -0.25) is 0 Å². The van der Waals surface area contributed by atoms with Gasteiger partial charge in [0.25, 0.3) is 0 Å². The smallest absolute Gasteiger partial charge is 0.241 e. The minimum Gasteiger partial charge on any atom is -0.545 e. The molecule has 0 spiro atoms. The molecule has 7 heteroatoms. The predicted molar refractivity (Wildman–Crippen MR) is 77.8 cm³/mol. The summed E-state index contributed by atoms with van der Waals surface area (Å²) in [5.41, 5.74) is 0.677. The van der Waals surface area contributed by atoms with E-state index >= 15 is 0 Å². The average Bonchev–Trinajstić information content (AvgIpc) is 2.53. The van der Waals surface area contributed by atoms with Crippen LogP contribution in [0.3, 0.4) is 0 Å². The van der Waals surface area contributed by atoms with Gasteiger partial charge in [-0.25, -0.2) is 13.1 Å². The van der Waals surface area contributed by atoms with Gasteiger partial charge in [0.05, 0.1) is 18.0 Å². The molecule has 0 fully saturated rings. The first-order valence-corrected chi connectivity index (χ1v) is 7.85. The second-order valence-corrected chi connectivity index (χ2v) is 6.25. The summed E-state index contributed by atoms with van der Waals surface area (Å²) >= 11 is 0. The second-order valence-electron chi connectivity index (χ2n) is 4.49. The zero-order valence-corrected chi connectivity index (χ0v) is 12.6. The lowest BCUT2D eigenvalue weighted by molar-refractivity contribution is -0.255. The van der Waals surface area contributed by atoms with Crippen molar-refractivity contribution in [3.05, 3.63) is 59.7 Å². The Kier molecular flexibility index (Phi) is 4.79. The monoisotopic (exact) mass is 320 g/mol. The van der Waals surface area contributed by atoms with Crippen LogP contribution >= 0.6 is 0 Å². The van der Waals surface area contributed by atoms with E-state index in [1.165, 1.54) is 43.5 Å². The summed E-state index contributed by atoms with van der Waals surface area (Å²) in [5.74, 6) is -0.829. The first-order chi connectivity index (χ1) is 10.4. The molecule has 2 aromatic carbocycles. The second kappa shape index (κ2) is 6.59. The molecule has 116 valence electrons. The van der Waals surface area contributed by atoms with Gasteiger partial charge in [-0.2, -0.15) is 0 Å². The maximum atomic E-state index is 12.2. The molecule has 0 heterocycles. The standard InChI is InChI=1S/C15H15NO5S/c1-21-13-3-2-4-14(9-13)22(19,20)16-10-11-5-7-12(8-6-11)15(17)18/h2-9,16H,10H2,1H3,(H,17,18)/p-1. The molecule has 1 N–H and O–H groups in total. The Hall–Kier alpha value is -2.38. The molecule has 0 amide bonds. The number of sulfonamides is 1. The number of carboxylic acids is 1. The van der Waals surface area contributed by atoms with E-state index in [0.717, 1.165) is 0 Å². The van der Waals surface area contributed by atoms with E-state index in [4.69, 9.17) is 4.74 Å². The van der Waals surface area contributed by atoms with Crippen LogP contribution in [0.2, 0.25) is 0 Å². The van der Waals surface area contributed by atoms with Gasteiger partial charge in [0.15, 0.2) is 0 Å².